The Labute approximate surface area is 155 Å². The van der Waals surface area contributed by atoms with Gasteiger partial charge in [-0.3, -0.25) is 4.79 Å². The molecule has 0 aliphatic heterocycles. The highest BCUT2D eigenvalue weighted by Crippen LogP contribution is 2.16. The lowest BCUT2D eigenvalue weighted by molar-refractivity contribution is -0.123. The van der Waals surface area contributed by atoms with Gasteiger partial charge in [-0.2, -0.15) is 5.26 Å². The highest BCUT2D eigenvalue weighted by atomic mass is 16.5. The van der Waals surface area contributed by atoms with E-state index in [-0.39, 0.29) is 5.56 Å². The number of hydrogen-bond acceptors (Lipinski definition) is 6. The summed E-state index contributed by atoms with van der Waals surface area (Å²) in [6.45, 7) is 4.08. The maximum Gasteiger partial charge on any atom is 0.338 e. The second kappa shape index (κ2) is 7.66. The van der Waals surface area contributed by atoms with Gasteiger partial charge in [0.25, 0.3) is 5.91 Å². The largest absolute Gasteiger partial charge is 0.449 e. The maximum atomic E-state index is 12.3. The molecule has 0 spiro atoms. The molecule has 1 aromatic heterocycles. The minimum Gasteiger partial charge on any atom is -0.449 e. The van der Waals surface area contributed by atoms with E-state index < -0.39 is 18.0 Å². The summed E-state index contributed by atoms with van der Waals surface area (Å²) in [6, 6.07) is 13.5. The Hall–Kier alpha value is -3.73. The average molecular weight is 363 g/mol. The molecule has 3 aromatic rings. The number of rotatable bonds is 5. The van der Waals surface area contributed by atoms with Gasteiger partial charge in [0.2, 0.25) is 0 Å². The van der Waals surface area contributed by atoms with Crippen molar-refractivity contribution in [3.63, 3.8) is 0 Å². The fourth-order valence-corrected chi connectivity index (χ4v) is 2.54. The third-order valence-electron chi connectivity index (χ3n) is 4.01. The second-order valence-electron chi connectivity index (χ2n) is 5.80. The predicted molar refractivity (Wildman–Crippen MR) is 97.9 cm³/mol. The summed E-state index contributed by atoms with van der Waals surface area (Å²) in [4.78, 5) is 24.6. The third kappa shape index (κ3) is 3.77. The number of para-hydroxylation sites is 1. The van der Waals surface area contributed by atoms with E-state index in [0.29, 0.717) is 23.3 Å². The van der Waals surface area contributed by atoms with Crippen LogP contribution in [0.25, 0.3) is 11.0 Å². The van der Waals surface area contributed by atoms with Crippen molar-refractivity contribution >= 4 is 28.6 Å². The molecule has 0 bridgehead atoms. The highest BCUT2D eigenvalue weighted by molar-refractivity contribution is 5.99. The van der Waals surface area contributed by atoms with E-state index in [1.54, 1.807) is 47.1 Å². The van der Waals surface area contributed by atoms with Crippen molar-refractivity contribution in [2.75, 3.05) is 5.32 Å². The first kappa shape index (κ1) is 18.1. The van der Waals surface area contributed by atoms with Crippen molar-refractivity contribution in [1.29, 1.82) is 5.26 Å². The second-order valence-corrected chi connectivity index (χ2v) is 5.80. The van der Waals surface area contributed by atoms with Crippen molar-refractivity contribution in [2.24, 2.45) is 0 Å². The van der Waals surface area contributed by atoms with Crippen LogP contribution in [-0.2, 0) is 16.1 Å². The van der Waals surface area contributed by atoms with E-state index in [1.165, 1.54) is 6.92 Å². The van der Waals surface area contributed by atoms with Gasteiger partial charge < -0.3 is 10.1 Å². The van der Waals surface area contributed by atoms with E-state index in [9.17, 15) is 9.59 Å². The molecule has 0 aliphatic carbocycles. The summed E-state index contributed by atoms with van der Waals surface area (Å²) in [5.74, 6) is -1.16. The summed E-state index contributed by atoms with van der Waals surface area (Å²) < 4.78 is 6.95. The van der Waals surface area contributed by atoms with Crippen molar-refractivity contribution in [2.45, 2.75) is 26.5 Å². The molecule has 1 atom stereocenters. The number of anilines is 1. The molecular formula is C19H17N5O3. The molecule has 2 aromatic carbocycles. The number of carbonyl (C=O) groups is 2. The van der Waals surface area contributed by atoms with Crippen LogP contribution in [0.5, 0.6) is 0 Å². The van der Waals surface area contributed by atoms with Crippen molar-refractivity contribution in [3.05, 3.63) is 53.6 Å². The highest BCUT2D eigenvalue weighted by Gasteiger charge is 2.20. The number of amides is 1. The molecule has 27 heavy (non-hydrogen) atoms. The Kier molecular flexibility index (Phi) is 5.13. The molecule has 1 N–H and O–H groups in total. The Morgan fingerprint density at radius 2 is 2.07 bits per heavy atom. The van der Waals surface area contributed by atoms with Gasteiger partial charge in [-0.05, 0) is 44.2 Å². The van der Waals surface area contributed by atoms with E-state index in [0.717, 1.165) is 5.52 Å². The number of fused-ring (bicyclic) bond motifs is 1. The van der Waals surface area contributed by atoms with Crippen LogP contribution >= 0.6 is 0 Å². The first-order chi connectivity index (χ1) is 13.0. The van der Waals surface area contributed by atoms with Gasteiger partial charge in [-0.25, -0.2) is 9.48 Å². The number of nitriles is 1. The minimum atomic E-state index is -1.04. The third-order valence-corrected chi connectivity index (χ3v) is 4.01. The zero-order valence-corrected chi connectivity index (χ0v) is 14.8. The van der Waals surface area contributed by atoms with E-state index in [1.807, 2.05) is 13.0 Å². The van der Waals surface area contributed by atoms with Gasteiger partial charge in [0.15, 0.2) is 6.10 Å². The van der Waals surface area contributed by atoms with Crippen molar-refractivity contribution in [3.8, 4) is 6.07 Å². The lowest BCUT2D eigenvalue weighted by Gasteiger charge is -2.14. The Morgan fingerprint density at radius 3 is 2.81 bits per heavy atom. The molecule has 3 rings (SSSR count). The van der Waals surface area contributed by atoms with Gasteiger partial charge in [-0.15, -0.1) is 5.10 Å². The average Bonchev–Trinajstić information content (AvgIpc) is 3.10. The number of ether oxygens (including phenoxy) is 1. The van der Waals surface area contributed by atoms with Crippen LogP contribution in [0, 0.1) is 11.3 Å². The molecule has 8 heteroatoms. The predicted octanol–water partition coefficient (Wildman–Crippen LogP) is 2.51. The molecule has 0 radical (unpaired) electrons. The zero-order valence-electron chi connectivity index (χ0n) is 14.8. The van der Waals surface area contributed by atoms with Crippen LogP contribution in [0.2, 0.25) is 0 Å². The fourth-order valence-electron chi connectivity index (χ4n) is 2.54. The summed E-state index contributed by atoms with van der Waals surface area (Å²) in [5, 5.41) is 19.7. The summed E-state index contributed by atoms with van der Waals surface area (Å²) in [6.07, 6.45) is -1.04. The van der Waals surface area contributed by atoms with E-state index in [2.05, 4.69) is 15.6 Å². The van der Waals surface area contributed by atoms with E-state index in [4.69, 9.17) is 10.00 Å². The Morgan fingerprint density at radius 1 is 1.30 bits per heavy atom. The number of benzene rings is 2. The number of aromatic nitrogens is 3. The monoisotopic (exact) mass is 363 g/mol. The molecule has 8 nitrogen and oxygen atoms in total. The van der Waals surface area contributed by atoms with Crippen molar-refractivity contribution in [1.82, 2.24) is 15.0 Å². The SMILES string of the molecule is CCn1nnc2cc(C(=O)OC(C)C(=O)Nc3ccccc3C#N)ccc21. The lowest BCUT2D eigenvalue weighted by atomic mass is 10.2. The van der Waals surface area contributed by atoms with Crippen LogP contribution < -0.4 is 5.32 Å². The Balaban J connectivity index is 1.69. The molecule has 0 fully saturated rings. The number of esters is 1. The number of carbonyl (C=O) groups excluding carboxylic acids is 2. The number of hydrogen-bond donors (Lipinski definition) is 1. The van der Waals surface area contributed by atoms with Gasteiger partial charge in [0.05, 0.1) is 22.3 Å². The van der Waals surface area contributed by atoms with Crippen LogP contribution in [0.15, 0.2) is 42.5 Å². The van der Waals surface area contributed by atoms with Crippen LogP contribution in [0.4, 0.5) is 5.69 Å². The molecular weight excluding hydrogens is 346 g/mol. The smallest absolute Gasteiger partial charge is 0.338 e. The number of nitrogens with one attached hydrogen (secondary N) is 1. The fraction of sp³-hybridized carbons (Fsp3) is 0.211. The normalized spacial score (nSPS) is 11.6. The van der Waals surface area contributed by atoms with E-state index >= 15 is 0 Å². The van der Waals surface area contributed by atoms with Crippen LogP contribution in [0.3, 0.4) is 0 Å². The first-order valence-electron chi connectivity index (χ1n) is 8.37. The van der Waals surface area contributed by atoms with Crippen molar-refractivity contribution < 1.29 is 14.3 Å². The maximum absolute atomic E-state index is 12.3. The van der Waals surface area contributed by atoms with Crippen LogP contribution in [-0.4, -0.2) is 33.0 Å². The van der Waals surface area contributed by atoms with Gasteiger partial charge in [0, 0.05) is 6.54 Å². The standard InChI is InChI=1S/C19H17N5O3/c1-3-24-17-9-8-13(10-16(17)22-23-24)19(26)27-12(2)18(25)21-15-7-5-4-6-14(15)11-20/h4-10,12H,3H2,1-2H3,(H,21,25). The van der Waals surface area contributed by atoms with Gasteiger partial charge >= 0.3 is 5.97 Å². The molecule has 1 unspecified atom stereocenters. The topological polar surface area (TPSA) is 110 Å². The molecule has 1 heterocycles. The molecule has 0 saturated carbocycles. The molecule has 1 amide bonds. The first-order valence-corrected chi connectivity index (χ1v) is 8.37. The quantitative estimate of drug-likeness (QED) is 0.698. The number of nitrogens with zero attached hydrogens (tertiary/aromatic N) is 4. The Bertz CT molecular complexity index is 1050. The lowest BCUT2D eigenvalue weighted by Crippen LogP contribution is -2.30. The minimum absolute atomic E-state index is 0.280. The summed E-state index contributed by atoms with van der Waals surface area (Å²) in [5.41, 5.74) is 2.36. The van der Waals surface area contributed by atoms with Gasteiger partial charge in [-0.1, -0.05) is 17.3 Å². The van der Waals surface area contributed by atoms with Gasteiger partial charge in [0.1, 0.15) is 11.6 Å². The molecule has 136 valence electrons. The molecule has 0 saturated heterocycles. The number of aryl methyl sites for hydroxylation is 1. The van der Waals surface area contributed by atoms with Crippen LogP contribution in [0.1, 0.15) is 29.8 Å². The zero-order chi connectivity index (χ0) is 19.4. The molecule has 0 aliphatic rings. The summed E-state index contributed by atoms with van der Waals surface area (Å²) in [7, 11) is 0. The summed E-state index contributed by atoms with van der Waals surface area (Å²) >= 11 is 0.